The molecule has 0 atom stereocenters. The molecule has 118 valence electrons. The summed E-state index contributed by atoms with van der Waals surface area (Å²) < 4.78 is 1.61. The highest BCUT2D eigenvalue weighted by atomic mass is 32.1. The number of aryl methyl sites for hydroxylation is 2. The molecule has 1 aliphatic rings. The lowest BCUT2D eigenvalue weighted by molar-refractivity contribution is 0.697. The highest BCUT2D eigenvalue weighted by Gasteiger charge is 2.21. The van der Waals surface area contributed by atoms with Crippen molar-refractivity contribution in [2.45, 2.75) is 32.2 Å². The summed E-state index contributed by atoms with van der Waals surface area (Å²) in [7, 11) is 0. The van der Waals surface area contributed by atoms with Crippen LogP contribution >= 0.6 is 11.3 Å². The van der Waals surface area contributed by atoms with Gasteiger partial charge in [0.1, 0.15) is 4.83 Å². The minimum absolute atomic E-state index is 0.0147. The van der Waals surface area contributed by atoms with Crippen LogP contribution in [0.4, 0.5) is 5.95 Å². The van der Waals surface area contributed by atoms with Crippen LogP contribution in [0.2, 0.25) is 0 Å². The summed E-state index contributed by atoms with van der Waals surface area (Å²) in [5.41, 5.74) is 4.74. The number of hydrogen-bond acceptors (Lipinski definition) is 6. The number of nitrogen functional groups attached to an aromatic ring is 1. The van der Waals surface area contributed by atoms with Gasteiger partial charge in [-0.05, 0) is 48.9 Å². The molecule has 23 heavy (non-hydrogen) atoms. The summed E-state index contributed by atoms with van der Waals surface area (Å²) in [5, 5.41) is 0.776. The third-order valence-corrected chi connectivity index (χ3v) is 5.48. The summed E-state index contributed by atoms with van der Waals surface area (Å²) in [4.78, 5) is 23.8. The Morgan fingerprint density at radius 2 is 2.04 bits per heavy atom. The van der Waals surface area contributed by atoms with Crippen molar-refractivity contribution in [1.29, 1.82) is 0 Å². The molecule has 0 spiro atoms. The normalized spacial score (nSPS) is 14.0. The molecule has 6 nitrogen and oxygen atoms in total. The van der Waals surface area contributed by atoms with Crippen molar-refractivity contribution >= 4 is 27.5 Å². The molecule has 0 amide bonds. The highest BCUT2D eigenvalue weighted by Crippen LogP contribution is 2.34. The third-order valence-electron chi connectivity index (χ3n) is 4.29. The van der Waals surface area contributed by atoms with Crippen molar-refractivity contribution in [2.75, 3.05) is 5.43 Å². The summed E-state index contributed by atoms with van der Waals surface area (Å²) in [6.07, 6.45) is 7.78. The molecule has 3 aromatic rings. The Bertz CT molecular complexity index is 916. The van der Waals surface area contributed by atoms with E-state index in [-0.39, 0.29) is 5.56 Å². The first-order valence-electron chi connectivity index (χ1n) is 7.68. The number of hydrazine groups is 1. The number of pyridine rings is 1. The molecular formula is C16H17N5OS. The van der Waals surface area contributed by atoms with Crippen molar-refractivity contribution in [2.24, 2.45) is 5.84 Å². The van der Waals surface area contributed by atoms with E-state index >= 15 is 0 Å². The zero-order valence-corrected chi connectivity index (χ0v) is 13.4. The van der Waals surface area contributed by atoms with E-state index in [4.69, 9.17) is 5.84 Å². The van der Waals surface area contributed by atoms with Gasteiger partial charge in [0.05, 0.1) is 11.9 Å². The average molecular weight is 327 g/mol. The maximum absolute atomic E-state index is 13.1. The fourth-order valence-corrected chi connectivity index (χ4v) is 4.42. The van der Waals surface area contributed by atoms with Crippen molar-refractivity contribution in [3.8, 4) is 0 Å². The smallest absolute Gasteiger partial charge is 0.264 e. The first-order valence-corrected chi connectivity index (χ1v) is 8.50. The van der Waals surface area contributed by atoms with Crippen LogP contribution in [0.1, 0.15) is 28.8 Å². The lowest BCUT2D eigenvalue weighted by Gasteiger charge is -2.13. The quantitative estimate of drug-likeness (QED) is 0.568. The Labute approximate surface area is 137 Å². The van der Waals surface area contributed by atoms with E-state index in [0.29, 0.717) is 12.5 Å². The van der Waals surface area contributed by atoms with Crippen molar-refractivity contribution in [3.05, 3.63) is 50.9 Å². The van der Waals surface area contributed by atoms with Crippen LogP contribution in [-0.2, 0) is 19.4 Å². The summed E-state index contributed by atoms with van der Waals surface area (Å²) >= 11 is 1.63. The van der Waals surface area contributed by atoms with Crippen molar-refractivity contribution < 1.29 is 0 Å². The van der Waals surface area contributed by atoms with Crippen LogP contribution in [0.25, 0.3) is 10.2 Å². The van der Waals surface area contributed by atoms with Crippen LogP contribution in [0.3, 0.4) is 0 Å². The minimum Gasteiger partial charge on any atom is -0.294 e. The highest BCUT2D eigenvalue weighted by molar-refractivity contribution is 7.18. The summed E-state index contributed by atoms with van der Waals surface area (Å²) in [6, 6.07) is 3.78. The second kappa shape index (κ2) is 5.75. The van der Waals surface area contributed by atoms with Crippen LogP contribution in [0.5, 0.6) is 0 Å². The Balaban J connectivity index is 1.92. The lowest BCUT2D eigenvalue weighted by atomic mass is 9.97. The Morgan fingerprint density at radius 3 is 2.83 bits per heavy atom. The number of anilines is 1. The molecule has 7 heteroatoms. The number of thiophene rings is 1. The van der Waals surface area contributed by atoms with Gasteiger partial charge in [0.15, 0.2) is 0 Å². The van der Waals surface area contributed by atoms with Gasteiger partial charge in [0.2, 0.25) is 5.95 Å². The average Bonchev–Trinajstić information content (AvgIpc) is 2.96. The maximum Gasteiger partial charge on any atom is 0.264 e. The standard InChI is InChI=1S/C16H17N5OS/c17-20-16-19-14-13(11-3-1-2-4-12(11)23-14)15(22)21(16)9-10-5-7-18-8-6-10/h5-8H,1-4,9,17H2,(H,19,20). The lowest BCUT2D eigenvalue weighted by Crippen LogP contribution is -2.27. The van der Waals surface area contributed by atoms with E-state index in [1.165, 1.54) is 16.9 Å². The minimum atomic E-state index is -0.0147. The van der Waals surface area contributed by atoms with Crippen molar-refractivity contribution in [3.63, 3.8) is 0 Å². The molecule has 1 aliphatic carbocycles. The molecule has 0 radical (unpaired) electrons. The number of nitrogens with one attached hydrogen (secondary N) is 1. The first-order chi connectivity index (χ1) is 11.3. The van der Waals surface area contributed by atoms with Crippen molar-refractivity contribution in [1.82, 2.24) is 14.5 Å². The van der Waals surface area contributed by atoms with Gasteiger partial charge >= 0.3 is 0 Å². The molecular weight excluding hydrogens is 310 g/mol. The van der Waals surface area contributed by atoms with Gasteiger partial charge in [-0.1, -0.05) is 0 Å². The molecule has 0 aromatic carbocycles. The Hall–Kier alpha value is -2.25. The molecule has 0 unspecified atom stereocenters. The van der Waals surface area contributed by atoms with Crippen LogP contribution in [0, 0.1) is 0 Å². The van der Waals surface area contributed by atoms with Crippen LogP contribution in [0.15, 0.2) is 29.3 Å². The Morgan fingerprint density at radius 1 is 1.26 bits per heavy atom. The number of nitrogens with two attached hydrogens (primary N) is 1. The molecule has 3 N–H and O–H groups in total. The molecule has 4 rings (SSSR count). The molecule has 3 heterocycles. The molecule has 0 aliphatic heterocycles. The molecule has 0 bridgehead atoms. The fourth-order valence-electron chi connectivity index (χ4n) is 3.17. The molecule has 0 saturated heterocycles. The zero-order chi connectivity index (χ0) is 15.8. The van der Waals surface area contributed by atoms with Gasteiger partial charge in [-0.25, -0.2) is 10.8 Å². The summed E-state index contributed by atoms with van der Waals surface area (Å²) in [5.74, 6) is 6.01. The van der Waals surface area contributed by atoms with E-state index in [1.807, 2.05) is 12.1 Å². The summed E-state index contributed by atoms with van der Waals surface area (Å²) in [6.45, 7) is 0.425. The van der Waals surface area contributed by atoms with Gasteiger partial charge in [-0.3, -0.25) is 19.8 Å². The van der Waals surface area contributed by atoms with E-state index < -0.39 is 0 Å². The fraction of sp³-hybridized carbons (Fsp3) is 0.312. The van der Waals surface area contributed by atoms with Gasteiger partial charge in [0.25, 0.3) is 5.56 Å². The van der Waals surface area contributed by atoms with E-state index in [1.54, 1.807) is 28.3 Å². The van der Waals surface area contributed by atoms with Crippen LogP contribution < -0.4 is 16.8 Å². The second-order valence-electron chi connectivity index (χ2n) is 5.72. The number of nitrogens with zero attached hydrogens (tertiary/aromatic N) is 3. The van der Waals surface area contributed by atoms with Gasteiger partial charge in [0, 0.05) is 17.3 Å². The molecule has 0 saturated carbocycles. The predicted molar refractivity (Wildman–Crippen MR) is 91.7 cm³/mol. The first kappa shape index (κ1) is 14.3. The maximum atomic E-state index is 13.1. The zero-order valence-electron chi connectivity index (χ0n) is 12.6. The molecule has 0 fully saturated rings. The monoisotopic (exact) mass is 327 g/mol. The van der Waals surface area contributed by atoms with E-state index in [9.17, 15) is 4.79 Å². The Kier molecular flexibility index (Phi) is 3.59. The number of fused-ring (bicyclic) bond motifs is 3. The third kappa shape index (κ3) is 2.42. The largest absolute Gasteiger partial charge is 0.294 e. The SMILES string of the molecule is NNc1nc2sc3c(c2c(=O)n1Cc1ccncc1)CCCC3. The second-order valence-corrected chi connectivity index (χ2v) is 6.80. The van der Waals surface area contributed by atoms with Gasteiger partial charge < -0.3 is 0 Å². The van der Waals surface area contributed by atoms with E-state index in [0.717, 1.165) is 35.0 Å². The number of aromatic nitrogens is 3. The van der Waals surface area contributed by atoms with Crippen LogP contribution in [-0.4, -0.2) is 14.5 Å². The van der Waals surface area contributed by atoms with E-state index in [2.05, 4.69) is 15.4 Å². The molecule has 3 aromatic heterocycles. The predicted octanol–water partition coefficient (Wildman–Crippen LogP) is 2.07. The number of rotatable bonds is 3. The van der Waals surface area contributed by atoms with Gasteiger partial charge in [-0.15, -0.1) is 11.3 Å². The topological polar surface area (TPSA) is 85.8 Å². The number of hydrogen-bond donors (Lipinski definition) is 2. The van der Waals surface area contributed by atoms with Gasteiger partial charge in [-0.2, -0.15) is 0 Å².